The zero-order chi connectivity index (χ0) is 20.6. The predicted molar refractivity (Wildman–Crippen MR) is 106 cm³/mol. The largest absolute Gasteiger partial charge is 0.507 e. The molecular formula is C22H27N2O4+. The van der Waals surface area contributed by atoms with Crippen LogP contribution in [0.3, 0.4) is 0 Å². The van der Waals surface area contributed by atoms with E-state index in [4.69, 9.17) is 4.42 Å². The molecule has 1 aromatic heterocycles. The highest BCUT2D eigenvalue weighted by atomic mass is 16.3. The number of aryl methyl sites for hydroxylation is 3. The predicted octanol–water partition coefficient (Wildman–Crippen LogP) is 1.77. The minimum absolute atomic E-state index is 0.0850. The number of furan rings is 1. The number of nitrogens with one attached hydrogen (secondary N) is 1. The zero-order valence-corrected chi connectivity index (χ0v) is 17.0. The van der Waals surface area contributed by atoms with E-state index in [0.717, 1.165) is 16.0 Å². The number of Topliss-reactive ketones (excluding diaryl/α,β-unsaturated/α-hetero) is 1. The van der Waals surface area contributed by atoms with Crippen LogP contribution < -0.4 is 4.90 Å². The van der Waals surface area contributed by atoms with Gasteiger partial charge >= 0.3 is 0 Å². The van der Waals surface area contributed by atoms with E-state index in [0.29, 0.717) is 30.2 Å². The number of benzene rings is 1. The van der Waals surface area contributed by atoms with Crippen LogP contribution in [0.1, 0.15) is 34.3 Å². The van der Waals surface area contributed by atoms with Gasteiger partial charge in [-0.2, -0.15) is 0 Å². The van der Waals surface area contributed by atoms with E-state index in [1.54, 1.807) is 12.1 Å². The molecule has 6 nitrogen and oxygen atoms in total. The highest BCUT2D eigenvalue weighted by Crippen LogP contribution is 2.40. The van der Waals surface area contributed by atoms with Gasteiger partial charge in [-0.15, -0.1) is 0 Å². The van der Waals surface area contributed by atoms with Gasteiger partial charge in [0.25, 0.3) is 11.7 Å². The van der Waals surface area contributed by atoms with Gasteiger partial charge in [0.05, 0.1) is 32.8 Å². The minimum atomic E-state index is -0.729. The third-order valence-corrected chi connectivity index (χ3v) is 5.07. The molecule has 2 aromatic rings. The number of hydrogen-bond donors (Lipinski definition) is 2. The smallest absolute Gasteiger partial charge is 0.295 e. The van der Waals surface area contributed by atoms with Crippen molar-refractivity contribution in [3.05, 3.63) is 64.1 Å². The summed E-state index contributed by atoms with van der Waals surface area (Å²) in [5, 5.41) is 11.1. The number of nitrogens with zero attached hydrogens (tertiary/aromatic N) is 1. The van der Waals surface area contributed by atoms with Crippen molar-refractivity contribution in [3.63, 3.8) is 0 Å². The number of aliphatic hydroxyl groups excluding tert-OH is 1. The van der Waals surface area contributed by atoms with E-state index < -0.39 is 17.7 Å². The molecule has 6 heteroatoms. The number of hydrogen-bond acceptors (Lipinski definition) is 4. The number of amides is 1. The first-order chi connectivity index (χ1) is 13.2. The summed E-state index contributed by atoms with van der Waals surface area (Å²) in [6.45, 7) is 6.66. The number of likely N-dealkylation sites (N-methyl/N-ethyl adjacent to an activating group) is 1. The third-order valence-electron chi connectivity index (χ3n) is 5.07. The molecule has 0 bridgehead atoms. The van der Waals surface area contributed by atoms with Gasteiger partial charge < -0.3 is 19.3 Å². The van der Waals surface area contributed by atoms with Gasteiger partial charge in [0.2, 0.25) is 0 Å². The lowest BCUT2D eigenvalue weighted by molar-refractivity contribution is -0.857. The third kappa shape index (κ3) is 3.60. The molecule has 1 atom stereocenters. The summed E-state index contributed by atoms with van der Waals surface area (Å²) in [6.07, 6.45) is 0. The van der Waals surface area contributed by atoms with Crippen LogP contribution in [-0.4, -0.2) is 48.9 Å². The minimum Gasteiger partial charge on any atom is -0.507 e. The molecule has 28 heavy (non-hydrogen) atoms. The molecule has 2 heterocycles. The van der Waals surface area contributed by atoms with Crippen molar-refractivity contribution in [3.8, 4) is 0 Å². The second kappa shape index (κ2) is 7.64. The van der Waals surface area contributed by atoms with E-state index >= 15 is 0 Å². The van der Waals surface area contributed by atoms with Crippen molar-refractivity contribution in [2.45, 2.75) is 26.8 Å². The van der Waals surface area contributed by atoms with E-state index in [1.165, 1.54) is 4.90 Å². The first kappa shape index (κ1) is 19.9. The number of likely N-dealkylation sites (tertiary alicyclic amines) is 1. The summed E-state index contributed by atoms with van der Waals surface area (Å²) in [6, 6.07) is 8.49. The fraction of sp³-hybridized carbons (Fsp3) is 0.364. The molecule has 148 valence electrons. The van der Waals surface area contributed by atoms with Crippen LogP contribution in [-0.2, 0) is 9.59 Å². The summed E-state index contributed by atoms with van der Waals surface area (Å²) in [4.78, 5) is 28.4. The summed E-state index contributed by atoms with van der Waals surface area (Å²) in [5.74, 6) is -0.264. The van der Waals surface area contributed by atoms with Gasteiger partial charge in [-0.05, 0) is 44.5 Å². The van der Waals surface area contributed by atoms with E-state index in [2.05, 4.69) is 0 Å². The van der Waals surface area contributed by atoms with Crippen LogP contribution in [0.15, 0.2) is 40.3 Å². The van der Waals surface area contributed by atoms with Crippen molar-refractivity contribution >= 4 is 17.4 Å². The summed E-state index contributed by atoms with van der Waals surface area (Å²) >= 11 is 0. The summed E-state index contributed by atoms with van der Waals surface area (Å²) in [7, 11) is 3.97. The quantitative estimate of drug-likeness (QED) is 0.469. The molecule has 1 amide bonds. The van der Waals surface area contributed by atoms with Crippen molar-refractivity contribution in [2.24, 2.45) is 0 Å². The molecule has 1 aliphatic rings. The van der Waals surface area contributed by atoms with Gasteiger partial charge in [0.1, 0.15) is 23.3 Å². The molecule has 0 unspecified atom stereocenters. The van der Waals surface area contributed by atoms with Crippen molar-refractivity contribution in [1.29, 1.82) is 0 Å². The number of rotatable bonds is 5. The Morgan fingerprint density at radius 2 is 1.86 bits per heavy atom. The number of aliphatic hydroxyl groups is 1. The fourth-order valence-corrected chi connectivity index (χ4v) is 3.49. The molecule has 0 radical (unpaired) electrons. The Hall–Kier alpha value is -2.86. The first-order valence-electron chi connectivity index (χ1n) is 9.42. The Morgan fingerprint density at radius 3 is 2.46 bits per heavy atom. The van der Waals surface area contributed by atoms with Gasteiger partial charge in [0.15, 0.2) is 0 Å². The Morgan fingerprint density at radius 1 is 1.14 bits per heavy atom. The lowest BCUT2D eigenvalue weighted by Crippen LogP contribution is -3.06. The highest BCUT2D eigenvalue weighted by molar-refractivity contribution is 6.46. The maximum Gasteiger partial charge on any atom is 0.295 e. The van der Waals surface area contributed by atoms with E-state index in [1.807, 2.05) is 53.1 Å². The molecule has 1 fully saturated rings. The van der Waals surface area contributed by atoms with Crippen molar-refractivity contribution < 1.29 is 24.0 Å². The number of quaternary nitrogens is 1. The van der Waals surface area contributed by atoms with Gasteiger partial charge in [-0.25, -0.2) is 0 Å². The number of carbonyl (C=O) groups excluding carboxylic acids is 2. The van der Waals surface area contributed by atoms with Crippen LogP contribution in [0.5, 0.6) is 0 Å². The van der Waals surface area contributed by atoms with E-state index in [-0.39, 0.29) is 11.3 Å². The van der Waals surface area contributed by atoms with Crippen LogP contribution in [0, 0.1) is 20.8 Å². The fourth-order valence-electron chi connectivity index (χ4n) is 3.49. The molecule has 0 spiro atoms. The molecule has 0 saturated carbocycles. The second-order valence-electron chi connectivity index (χ2n) is 7.72. The monoisotopic (exact) mass is 383 g/mol. The number of carbonyl (C=O) groups is 2. The van der Waals surface area contributed by atoms with Crippen LogP contribution >= 0.6 is 0 Å². The van der Waals surface area contributed by atoms with Gasteiger partial charge in [0, 0.05) is 5.56 Å². The Balaban J connectivity index is 2.17. The lowest BCUT2D eigenvalue weighted by Gasteiger charge is -2.23. The molecule has 1 saturated heterocycles. The molecule has 1 aromatic carbocycles. The summed E-state index contributed by atoms with van der Waals surface area (Å²) in [5.41, 5.74) is 2.44. The first-order valence-corrected chi connectivity index (χ1v) is 9.42. The molecule has 0 aliphatic carbocycles. The SMILES string of the molecule is Cc1ccc(C)c(C(O)=C2C(=O)C(=O)N(CC[NH+](C)C)[C@H]2c2ccc(C)o2)c1. The second-order valence-corrected chi connectivity index (χ2v) is 7.72. The number of ketones is 1. The average Bonchev–Trinajstić information content (AvgIpc) is 3.16. The van der Waals surface area contributed by atoms with Gasteiger partial charge in [-0.3, -0.25) is 9.59 Å². The lowest BCUT2D eigenvalue weighted by atomic mass is 9.96. The topological polar surface area (TPSA) is 75.2 Å². The molecular weight excluding hydrogens is 356 g/mol. The average molecular weight is 383 g/mol. The van der Waals surface area contributed by atoms with Crippen LogP contribution in [0.4, 0.5) is 0 Å². The summed E-state index contributed by atoms with van der Waals surface area (Å²) < 4.78 is 5.77. The van der Waals surface area contributed by atoms with Gasteiger partial charge in [-0.1, -0.05) is 17.7 Å². The van der Waals surface area contributed by atoms with E-state index in [9.17, 15) is 14.7 Å². The van der Waals surface area contributed by atoms with Crippen molar-refractivity contribution in [2.75, 3.05) is 27.2 Å². The van der Waals surface area contributed by atoms with Crippen molar-refractivity contribution in [1.82, 2.24) is 4.90 Å². The molecule has 3 rings (SSSR count). The Labute approximate surface area is 165 Å². The van der Waals surface area contributed by atoms with Crippen LogP contribution in [0.2, 0.25) is 0 Å². The Bertz CT molecular complexity index is 955. The Kier molecular flexibility index (Phi) is 5.42. The maximum absolute atomic E-state index is 12.9. The van der Waals surface area contributed by atoms with Crippen LogP contribution in [0.25, 0.3) is 5.76 Å². The maximum atomic E-state index is 12.9. The normalized spacial score (nSPS) is 19.1. The zero-order valence-electron chi connectivity index (χ0n) is 17.0. The molecule has 2 N–H and O–H groups in total. The molecule has 1 aliphatic heterocycles. The highest BCUT2D eigenvalue weighted by Gasteiger charge is 2.47. The standard InChI is InChI=1S/C22H26N2O4/c1-13-6-7-14(2)16(12-13)20(25)18-19(17-9-8-15(3)28-17)24(11-10-23(4)5)22(27)21(18)26/h6-9,12,19,25H,10-11H2,1-5H3/p+1/t19-/m0/s1.